The van der Waals surface area contributed by atoms with Crippen molar-refractivity contribution in [3.8, 4) is 0 Å². The van der Waals surface area contributed by atoms with Crippen LogP contribution in [0.5, 0.6) is 0 Å². The molecule has 0 aliphatic carbocycles. The SMILES string of the molecule is CCCCCCCCCCCCCC[C@@H](O)[C@@H](O[Si](C)(C)C(C)(C)C)[C@@H](N)CO[Si](C)(C)C(C)(C)C. The molecule has 0 aromatic carbocycles. The normalized spacial score (nSPS) is 16.2. The topological polar surface area (TPSA) is 64.7 Å². The van der Waals surface area contributed by atoms with E-state index in [0.29, 0.717) is 6.61 Å². The summed E-state index contributed by atoms with van der Waals surface area (Å²) in [6.07, 6.45) is 15.7. The molecule has 36 heavy (non-hydrogen) atoms. The van der Waals surface area contributed by atoms with Crippen molar-refractivity contribution < 1.29 is 14.0 Å². The van der Waals surface area contributed by atoms with Crippen molar-refractivity contribution in [3.63, 3.8) is 0 Å². The van der Waals surface area contributed by atoms with E-state index in [2.05, 4.69) is 74.7 Å². The maximum atomic E-state index is 11.2. The average molecular weight is 546 g/mol. The van der Waals surface area contributed by atoms with Gasteiger partial charge in [-0.05, 0) is 42.7 Å². The molecular weight excluding hydrogens is 479 g/mol. The van der Waals surface area contributed by atoms with Crippen LogP contribution in [-0.2, 0) is 8.85 Å². The molecule has 0 heterocycles. The minimum absolute atomic E-state index is 0.0704. The predicted octanol–water partition coefficient (Wildman–Crippen LogP) is 9.18. The molecule has 0 spiro atoms. The fraction of sp³-hybridized carbons (Fsp3) is 1.00. The quantitative estimate of drug-likeness (QED) is 0.118. The van der Waals surface area contributed by atoms with Crippen LogP contribution in [0.15, 0.2) is 0 Å². The Morgan fingerprint density at radius 2 is 1.06 bits per heavy atom. The van der Waals surface area contributed by atoms with Crippen LogP contribution in [0.25, 0.3) is 0 Å². The Labute approximate surface area is 229 Å². The summed E-state index contributed by atoms with van der Waals surface area (Å²) in [5, 5.41) is 11.4. The van der Waals surface area contributed by atoms with Crippen LogP contribution in [0.1, 0.15) is 132 Å². The lowest BCUT2D eigenvalue weighted by Crippen LogP contribution is -2.56. The highest BCUT2D eigenvalue weighted by Gasteiger charge is 2.43. The first-order chi connectivity index (χ1) is 16.5. The van der Waals surface area contributed by atoms with Gasteiger partial charge in [0.25, 0.3) is 0 Å². The van der Waals surface area contributed by atoms with Gasteiger partial charge in [-0.2, -0.15) is 0 Å². The molecule has 0 aliphatic rings. The van der Waals surface area contributed by atoms with Gasteiger partial charge >= 0.3 is 0 Å². The van der Waals surface area contributed by atoms with Crippen LogP contribution in [0, 0.1) is 0 Å². The van der Waals surface area contributed by atoms with Gasteiger partial charge in [0.2, 0.25) is 0 Å². The van der Waals surface area contributed by atoms with E-state index >= 15 is 0 Å². The molecule has 0 aliphatic heterocycles. The largest absolute Gasteiger partial charge is 0.415 e. The molecule has 6 heteroatoms. The molecule has 0 aromatic rings. The standard InChI is InChI=1S/C30H67NO3Si2/c1-12-13-14-15-16-17-18-19-20-21-22-23-24-27(32)28(34-36(10,11)30(5,6)7)26(31)25-33-35(8,9)29(2,3)4/h26-28,32H,12-25,31H2,1-11H3/t26-,27+,28-/m0/s1. The second-order valence-electron chi connectivity index (χ2n) is 14.3. The van der Waals surface area contributed by atoms with E-state index in [1.807, 2.05) is 0 Å². The van der Waals surface area contributed by atoms with Gasteiger partial charge < -0.3 is 19.7 Å². The molecular formula is C30H67NO3Si2. The fourth-order valence-electron chi connectivity index (χ4n) is 3.94. The second kappa shape index (κ2) is 17.1. The second-order valence-corrected chi connectivity index (χ2v) is 23.9. The fourth-order valence-corrected chi connectivity index (χ4v) is 6.35. The zero-order chi connectivity index (χ0) is 28.0. The maximum Gasteiger partial charge on any atom is 0.192 e. The molecule has 0 radical (unpaired) electrons. The van der Waals surface area contributed by atoms with E-state index in [1.54, 1.807) is 0 Å². The highest BCUT2D eigenvalue weighted by atomic mass is 28.4. The number of unbranched alkanes of at least 4 members (excludes halogenated alkanes) is 11. The highest BCUT2D eigenvalue weighted by Crippen LogP contribution is 2.39. The molecule has 0 fully saturated rings. The van der Waals surface area contributed by atoms with Gasteiger partial charge in [-0.25, -0.2) is 0 Å². The molecule has 4 nitrogen and oxygen atoms in total. The summed E-state index contributed by atoms with van der Waals surface area (Å²) < 4.78 is 13.2. The van der Waals surface area contributed by atoms with Gasteiger partial charge in [0.15, 0.2) is 16.6 Å². The maximum absolute atomic E-state index is 11.2. The summed E-state index contributed by atoms with van der Waals surface area (Å²) >= 11 is 0. The summed E-state index contributed by atoms with van der Waals surface area (Å²) in [7, 11) is -3.98. The predicted molar refractivity (Wildman–Crippen MR) is 165 cm³/mol. The summed E-state index contributed by atoms with van der Waals surface area (Å²) in [4.78, 5) is 0. The van der Waals surface area contributed by atoms with Crippen molar-refractivity contribution in [1.29, 1.82) is 0 Å². The van der Waals surface area contributed by atoms with Gasteiger partial charge in [0.1, 0.15) is 0 Å². The number of aliphatic hydroxyl groups is 1. The Hall–Kier alpha value is 0.274. The van der Waals surface area contributed by atoms with Crippen LogP contribution in [0.4, 0.5) is 0 Å². The Morgan fingerprint density at radius 3 is 1.44 bits per heavy atom. The molecule has 0 unspecified atom stereocenters. The number of rotatable bonds is 20. The Kier molecular flexibility index (Phi) is 17.2. The van der Waals surface area contributed by atoms with Gasteiger partial charge in [0, 0.05) is 0 Å². The van der Waals surface area contributed by atoms with E-state index in [0.717, 1.165) is 12.8 Å². The molecule has 0 aromatic heterocycles. The third-order valence-electron chi connectivity index (χ3n) is 8.83. The molecule has 0 bridgehead atoms. The third kappa shape index (κ3) is 14.4. The smallest absolute Gasteiger partial charge is 0.192 e. The minimum atomic E-state index is -2.07. The van der Waals surface area contributed by atoms with Crippen LogP contribution in [0.3, 0.4) is 0 Å². The van der Waals surface area contributed by atoms with Crippen molar-refractivity contribution in [2.45, 2.75) is 186 Å². The van der Waals surface area contributed by atoms with E-state index < -0.39 is 22.7 Å². The molecule has 218 valence electrons. The third-order valence-corrected chi connectivity index (χ3v) is 17.8. The van der Waals surface area contributed by atoms with Gasteiger partial charge in [-0.3, -0.25) is 0 Å². The molecule has 3 N–H and O–H groups in total. The molecule has 0 saturated carbocycles. The molecule has 0 amide bonds. The number of hydrogen-bond acceptors (Lipinski definition) is 4. The minimum Gasteiger partial charge on any atom is -0.415 e. The van der Waals surface area contributed by atoms with Crippen LogP contribution < -0.4 is 5.73 Å². The number of hydrogen-bond donors (Lipinski definition) is 2. The average Bonchev–Trinajstić information content (AvgIpc) is 2.75. The van der Waals surface area contributed by atoms with Crippen molar-refractivity contribution in [2.75, 3.05) is 6.61 Å². The van der Waals surface area contributed by atoms with Gasteiger partial charge in [-0.1, -0.05) is 126 Å². The Bertz CT molecular complexity index is 555. The first-order valence-corrected chi connectivity index (χ1v) is 21.0. The summed E-state index contributed by atoms with van der Waals surface area (Å²) in [5.74, 6) is 0. The first kappa shape index (κ1) is 36.3. The van der Waals surface area contributed by atoms with Crippen molar-refractivity contribution in [2.24, 2.45) is 5.73 Å². The molecule has 3 atom stereocenters. The summed E-state index contributed by atoms with van der Waals surface area (Å²) in [5.41, 5.74) is 6.69. The van der Waals surface area contributed by atoms with Crippen molar-refractivity contribution in [3.05, 3.63) is 0 Å². The lowest BCUT2D eigenvalue weighted by atomic mass is 10.00. The van der Waals surface area contributed by atoms with Gasteiger partial charge in [-0.15, -0.1) is 0 Å². The van der Waals surface area contributed by atoms with Crippen molar-refractivity contribution >= 4 is 16.6 Å². The van der Waals surface area contributed by atoms with Gasteiger partial charge in [0.05, 0.1) is 24.9 Å². The van der Waals surface area contributed by atoms with Crippen LogP contribution in [-0.4, -0.2) is 46.6 Å². The number of aliphatic hydroxyl groups excluding tert-OH is 1. The zero-order valence-electron chi connectivity index (χ0n) is 26.5. The van der Waals surface area contributed by atoms with Crippen LogP contribution in [0.2, 0.25) is 36.3 Å². The van der Waals surface area contributed by atoms with E-state index in [9.17, 15) is 5.11 Å². The molecule has 0 saturated heterocycles. The first-order valence-electron chi connectivity index (χ1n) is 15.2. The highest BCUT2D eigenvalue weighted by molar-refractivity contribution is 6.74. The lowest BCUT2D eigenvalue weighted by Gasteiger charge is -2.43. The Balaban J connectivity index is 4.69. The van der Waals surface area contributed by atoms with E-state index in [-0.39, 0.29) is 22.2 Å². The van der Waals surface area contributed by atoms with E-state index in [1.165, 1.54) is 70.6 Å². The summed E-state index contributed by atoms with van der Waals surface area (Å²) in [6.45, 7) is 25.2. The number of nitrogens with two attached hydrogens (primary N) is 1. The Morgan fingerprint density at radius 1 is 0.667 bits per heavy atom. The van der Waals surface area contributed by atoms with E-state index in [4.69, 9.17) is 14.6 Å². The molecule has 0 rings (SSSR count). The zero-order valence-corrected chi connectivity index (χ0v) is 28.5. The lowest BCUT2D eigenvalue weighted by molar-refractivity contribution is -0.00325. The van der Waals surface area contributed by atoms with Crippen molar-refractivity contribution in [1.82, 2.24) is 0 Å². The monoisotopic (exact) mass is 545 g/mol. The summed E-state index contributed by atoms with van der Waals surface area (Å²) in [6, 6.07) is -0.319. The van der Waals surface area contributed by atoms with Crippen LogP contribution >= 0.6 is 0 Å².